The van der Waals surface area contributed by atoms with Crippen LogP contribution in [-0.2, 0) is 0 Å². The van der Waals surface area contributed by atoms with E-state index < -0.39 is 23.2 Å². The summed E-state index contributed by atoms with van der Waals surface area (Å²) in [5, 5.41) is 0. The molecule has 0 bridgehead atoms. The zero-order chi connectivity index (χ0) is 13.1. The molecule has 0 atom stereocenters. The van der Waals surface area contributed by atoms with Crippen molar-refractivity contribution in [2.24, 2.45) is 0 Å². The van der Waals surface area contributed by atoms with Crippen LogP contribution in [0.1, 0.15) is 20.7 Å². The van der Waals surface area contributed by atoms with Crippen molar-refractivity contribution >= 4 is 11.6 Å². The first-order chi connectivity index (χ1) is 8.59. The summed E-state index contributed by atoms with van der Waals surface area (Å²) in [6.07, 6.45) is 0. The maximum Gasteiger partial charge on any atom is 0.233 e. The third kappa shape index (κ3) is 2.32. The Kier molecular flexibility index (Phi) is 3.28. The van der Waals surface area contributed by atoms with Gasteiger partial charge in [0.05, 0.1) is 0 Å². The van der Waals surface area contributed by atoms with Crippen molar-refractivity contribution in [1.29, 1.82) is 0 Å². The van der Waals surface area contributed by atoms with Crippen molar-refractivity contribution in [3.05, 3.63) is 71.3 Å². The average molecular weight is 246 g/mol. The molecule has 0 aliphatic rings. The van der Waals surface area contributed by atoms with E-state index in [1.165, 1.54) is 12.1 Å². The lowest BCUT2D eigenvalue weighted by Gasteiger charge is -2.01. The van der Waals surface area contributed by atoms with Crippen LogP contribution in [0.5, 0.6) is 0 Å². The fourth-order valence-corrected chi connectivity index (χ4v) is 1.49. The highest BCUT2D eigenvalue weighted by molar-refractivity contribution is 6.49. The van der Waals surface area contributed by atoms with E-state index in [0.29, 0.717) is 0 Å². The van der Waals surface area contributed by atoms with Gasteiger partial charge in [-0.3, -0.25) is 9.59 Å². The number of ketones is 2. The van der Waals surface area contributed by atoms with Crippen LogP contribution in [0.25, 0.3) is 0 Å². The SMILES string of the molecule is O=C(C(=O)c1ccc(F)c(F)c1)c1ccccc1. The first-order valence-electron chi connectivity index (χ1n) is 5.18. The second kappa shape index (κ2) is 4.87. The maximum atomic E-state index is 13.0. The lowest BCUT2D eigenvalue weighted by Crippen LogP contribution is -2.14. The molecule has 18 heavy (non-hydrogen) atoms. The van der Waals surface area contributed by atoms with E-state index >= 15 is 0 Å². The van der Waals surface area contributed by atoms with Crippen molar-refractivity contribution < 1.29 is 18.4 Å². The molecule has 90 valence electrons. The van der Waals surface area contributed by atoms with Gasteiger partial charge >= 0.3 is 0 Å². The molecule has 0 amide bonds. The number of Topliss-reactive ketones (excluding diaryl/α,β-unsaturated/α-hetero) is 2. The standard InChI is InChI=1S/C14H8F2O2/c15-11-7-6-10(8-12(11)16)14(18)13(17)9-4-2-1-3-5-9/h1-8H. The van der Waals surface area contributed by atoms with Crippen LogP contribution in [0.3, 0.4) is 0 Å². The van der Waals surface area contributed by atoms with Gasteiger partial charge < -0.3 is 0 Å². The largest absolute Gasteiger partial charge is 0.285 e. The molecule has 2 aromatic carbocycles. The quantitative estimate of drug-likeness (QED) is 0.616. The molecule has 0 aliphatic carbocycles. The Morgan fingerprint density at radius 2 is 1.33 bits per heavy atom. The second-order valence-corrected chi connectivity index (χ2v) is 3.65. The van der Waals surface area contributed by atoms with Crippen LogP contribution in [0, 0.1) is 11.6 Å². The molecule has 2 nitrogen and oxygen atoms in total. The molecule has 0 saturated carbocycles. The maximum absolute atomic E-state index is 13.0. The van der Waals surface area contributed by atoms with E-state index in [9.17, 15) is 18.4 Å². The summed E-state index contributed by atoms with van der Waals surface area (Å²) in [7, 11) is 0. The molecule has 0 aromatic heterocycles. The van der Waals surface area contributed by atoms with Gasteiger partial charge in [-0.1, -0.05) is 30.3 Å². The summed E-state index contributed by atoms with van der Waals surface area (Å²) in [5.41, 5.74) is 0.0509. The molecule has 0 unspecified atom stereocenters. The Morgan fingerprint density at radius 1 is 0.722 bits per heavy atom. The zero-order valence-electron chi connectivity index (χ0n) is 9.19. The molecule has 0 N–H and O–H groups in total. The Morgan fingerprint density at radius 3 is 1.94 bits per heavy atom. The number of benzene rings is 2. The van der Waals surface area contributed by atoms with Crippen molar-refractivity contribution in [3.8, 4) is 0 Å². The lowest BCUT2D eigenvalue weighted by molar-refractivity contribution is 0.0816. The van der Waals surface area contributed by atoms with Crippen molar-refractivity contribution in [1.82, 2.24) is 0 Å². The fourth-order valence-electron chi connectivity index (χ4n) is 1.49. The third-order valence-corrected chi connectivity index (χ3v) is 2.42. The molecular weight excluding hydrogens is 238 g/mol. The first-order valence-corrected chi connectivity index (χ1v) is 5.18. The molecule has 2 aromatic rings. The number of hydrogen-bond donors (Lipinski definition) is 0. The molecule has 0 heterocycles. The minimum absolute atomic E-state index is 0.164. The fraction of sp³-hybridized carbons (Fsp3) is 0. The summed E-state index contributed by atoms with van der Waals surface area (Å²) < 4.78 is 25.7. The van der Waals surface area contributed by atoms with Crippen molar-refractivity contribution in [3.63, 3.8) is 0 Å². The molecule has 4 heteroatoms. The molecule has 0 saturated heterocycles. The molecule has 0 fully saturated rings. The van der Waals surface area contributed by atoms with Crippen LogP contribution < -0.4 is 0 Å². The van der Waals surface area contributed by atoms with Gasteiger partial charge in [-0.2, -0.15) is 0 Å². The third-order valence-electron chi connectivity index (χ3n) is 2.42. The van der Waals surface area contributed by atoms with E-state index in [1.54, 1.807) is 18.2 Å². The van der Waals surface area contributed by atoms with Gasteiger partial charge in [0, 0.05) is 11.1 Å². The zero-order valence-corrected chi connectivity index (χ0v) is 9.19. The number of hydrogen-bond acceptors (Lipinski definition) is 2. The number of carbonyl (C=O) groups excluding carboxylic acids is 2. The minimum Gasteiger partial charge on any atom is -0.285 e. The summed E-state index contributed by atoms with van der Waals surface area (Å²) in [4.78, 5) is 23.5. The average Bonchev–Trinajstić information content (AvgIpc) is 2.41. The summed E-state index contributed by atoms with van der Waals surface area (Å²) >= 11 is 0. The molecular formula is C14H8F2O2. The van der Waals surface area contributed by atoms with Crippen molar-refractivity contribution in [2.45, 2.75) is 0 Å². The predicted octanol–water partition coefficient (Wildman–Crippen LogP) is 3.03. The summed E-state index contributed by atoms with van der Waals surface area (Å²) in [5.74, 6) is -3.82. The van der Waals surface area contributed by atoms with E-state index in [1.807, 2.05) is 0 Å². The van der Waals surface area contributed by atoms with E-state index in [-0.39, 0.29) is 11.1 Å². The Hall–Kier alpha value is -2.36. The van der Waals surface area contributed by atoms with Gasteiger partial charge in [0.1, 0.15) is 0 Å². The van der Waals surface area contributed by atoms with Crippen molar-refractivity contribution in [2.75, 3.05) is 0 Å². The number of halogens is 2. The van der Waals surface area contributed by atoms with Gasteiger partial charge in [0.2, 0.25) is 11.6 Å². The van der Waals surface area contributed by atoms with Gasteiger partial charge in [0.25, 0.3) is 0 Å². The van der Waals surface area contributed by atoms with E-state index in [0.717, 1.165) is 18.2 Å². The molecule has 0 aliphatic heterocycles. The molecule has 2 rings (SSSR count). The van der Waals surface area contributed by atoms with Crippen LogP contribution in [0.15, 0.2) is 48.5 Å². The highest BCUT2D eigenvalue weighted by atomic mass is 19.2. The van der Waals surface area contributed by atoms with E-state index in [4.69, 9.17) is 0 Å². The smallest absolute Gasteiger partial charge is 0.233 e. The molecule has 0 radical (unpaired) electrons. The van der Waals surface area contributed by atoms with Gasteiger partial charge in [-0.25, -0.2) is 8.78 Å². The van der Waals surface area contributed by atoms with Gasteiger partial charge in [-0.05, 0) is 18.2 Å². The summed E-state index contributed by atoms with van der Waals surface area (Å²) in [6.45, 7) is 0. The Bertz CT molecular complexity index is 606. The summed E-state index contributed by atoms with van der Waals surface area (Å²) in [6, 6.07) is 10.5. The van der Waals surface area contributed by atoms with E-state index in [2.05, 4.69) is 0 Å². The Balaban J connectivity index is 2.32. The highest BCUT2D eigenvalue weighted by Crippen LogP contribution is 2.12. The lowest BCUT2D eigenvalue weighted by atomic mass is 10.0. The number of rotatable bonds is 3. The van der Waals surface area contributed by atoms with Crippen LogP contribution >= 0.6 is 0 Å². The highest BCUT2D eigenvalue weighted by Gasteiger charge is 2.19. The predicted molar refractivity (Wildman–Crippen MR) is 61.5 cm³/mol. The van der Waals surface area contributed by atoms with Crippen LogP contribution in [0.2, 0.25) is 0 Å². The second-order valence-electron chi connectivity index (χ2n) is 3.65. The molecule has 0 spiro atoms. The van der Waals surface area contributed by atoms with Crippen LogP contribution in [0.4, 0.5) is 8.78 Å². The first kappa shape index (κ1) is 12.1. The normalized spacial score (nSPS) is 10.1. The number of carbonyl (C=O) groups is 2. The van der Waals surface area contributed by atoms with Gasteiger partial charge in [0.15, 0.2) is 11.6 Å². The van der Waals surface area contributed by atoms with Crippen LogP contribution in [-0.4, -0.2) is 11.6 Å². The minimum atomic E-state index is -1.15. The Labute approximate surface area is 102 Å². The topological polar surface area (TPSA) is 34.1 Å². The van der Waals surface area contributed by atoms with Gasteiger partial charge in [-0.15, -0.1) is 0 Å². The monoisotopic (exact) mass is 246 g/mol.